The Balaban J connectivity index is 2.00. The summed E-state index contributed by atoms with van der Waals surface area (Å²) < 4.78 is 47.1. The fourth-order valence-electron chi connectivity index (χ4n) is 3.10. The standard InChI is InChI=1S/C20H29F3N4O3/c1-4-18(28)27-9-8-15(12-27)26-19(24-5-2)25-11-14-6-7-16(17(10-14)29-3)30-13-20(21,22)23/h6-7,10,15H,4-5,8-9,11-13H2,1-3H3,(H2,24,25,26). The van der Waals surface area contributed by atoms with Crippen LogP contribution in [0.15, 0.2) is 23.2 Å². The zero-order valence-electron chi connectivity index (χ0n) is 17.5. The first kappa shape index (κ1) is 23.6. The van der Waals surface area contributed by atoms with Gasteiger partial charge in [0.2, 0.25) is 5.91 Å². The smallest absolute Gasteiger partial charge is 0.422 e. The summed E-state index contributed by atoms with van der Waals surface area (Å²) in [5.74, 6) is 1.000. The van der Waals surface area contributed by atoms with Crippen LogP contribution < -0.4 is 20.1 Å². The van der Waals surface area contributed by atoms with E-state index in [0.29, 0.717) is 32.0 Å². The second kappa shape index (κ2) is 10.9. The maximum Gasteiger partial charge on any atom is 0.422 e. The van der Waals surface area contributed by atoms with Gasteiger partial charge in [-0.05, 0) is 31.0 Å². The van der Waals surface area contributed by atoms with Gasteiger partial charge in [-0.3, -0.25) is 4.79 Å². The Bertz CT molecular complexity index is 740. The lowest BCUT2D eigenvalue weighted by atomic mass is 10.2. The molecule has 1 aliphatic heterocycles. The van der Waals surface area contributed by atoms with Crippen LogP contribution in [0.4, 0.5) is 13.2 Å². The van der Waals surface area contributed by atoms with Gasteiger partial charge in [0.1, 0.15) is 0 Å². The topological polar surface area (TPSA) is 75.2 Å². The van der Waals surface area contributed by atoms with Crippen LogP contribution in [-0.2, 0) is 11.3 Å². The number of halogens is 3. The highest BCUT2D eigenvalue weighted by Gasteiger charge is 2.29. The fourth-order valence-corrected chi connectivity index (χ4v) is 3.10. The number of nitrogens with zero attached hydrogens (tertiary/aromatic N) is 2. The van der Waals surface area contributed by atoms with Crippen LogP contribution in [0.25, 0.3) is 0 Å². The number of ether oxygens (including phenoxy) is 2. The maximum absolute atomic E-state index is 12.4. The number of amides is 1. The van der Waals surface area contributed by atoms with Crippen molar-refractivity contribution in [2.24, 2.45) is 4.99 Å². The number of likely N-dealkylation sites (tertiary alicyclic amines) is 1. The van der Waals surface area contributed by atoms with Crippen LogP contribution in [0, 0.1) is 0 Å². The van der Waals surface area contributed by atoms with Crippen molar-refractivity contribution in [1.29, 1.82) is 0 Å². The molecule has 1 saturated heterocycles. The highest BCUT2D eigenvalue weighted by molar-refractivity contribution is 5.80. The van der Waals surface area contributed by atoms with Crippen molar-refractivity contribution < 1.29 is 27.4 Å². The Labute approximate surface area is 174 Å². The second-order valence-corrected chi connectivity index (χ2v) is 6.91. The van der Waals surface area contributed by atoms with Gasteiger partial charge in [0.25, 0.3) is 0 Å². The van der Waals surface area contributed by atoms with E-state index in [4.69, 9.17) is 9.47 Å². The minimum atomic E-state index is -4.42. The summed E-state index contributed by atoms with van der Waals surface area (Å²) in [5.41, 5.74) is 0.762. The summed E-state index contributed by atoms with van der Waals surface area (Å²) >= 11 is 0. The first-order chi connectivity index (χ1) is 14.3. The molecule has 1 heterocycles. The van der Waals surface area contributed by atoms with Gasteiger partial charge in [0.05, 0.1) is 13.7 Å². The summed E-state index contributed by atoms with van der Waals surface area (Å²) in [5, 5.41) is 6.51. The molecule has 168 valence electrons. The molecule has 1 fully saturated rings. The number of methoxy groups -OCH3 is 1. The number of nitrogens with one attached hydrogen (secondary N) is 2. The SMILES string of the molecule is CCNC(=NCc1ccc(OCC(F)(F)F)c(OC)c1)NC1CCN(C(=O)CC)C1. The minimum absolute atomic E-state index is 0.0271. The molecular formula is C20H29F3N4O3. The van der Waals surface area contributed by atoms with E-state index in [-0.39, 0.29) is 23.4 Å². The van der Waals surface area contributed by atoms with Gasteiger partial charge in [-0.2, -0.15) is 13.2 Å². The average Bonchev–Trinajstić information content (AvgIpc) is 3.18. The molecule has 1 aromatic carbocycles. The average molecular weight is 430 g/mol. The molecule has 1 aliphatic rings. The van der Waals surface area contributed by atoms with E-state index in [1.807, 2.05) is 18.7 Å². The summed E-state index contributed by atoms with van der Waals surface area (Å²) in [6, 6.07) is 4.82. The van der Waals surface area contributed by atoms with E-state index < -0.39 is 12.8 Å². The lowest BCUT2D eigenvalue weighted by Crippen LogP contribution is -2.45. The van der Waals surface area contributed by atoms with Gasteiger partial charge in [-0.1, -0.05) is 13.0 Å². The third-order valence-electron chi connectivity index (χ3n) is 4.57. The number of guanidine groups is 1. The molecule has 1 atom stereocenters. The Morgan fingerprint density at radius 1 is 1.30 bits per heavy atom. The van der Waals surface area contributed by atoms with Crippen molar-refractivity contribution >= 4 is 11.9 Å². The number of rotatable bonds is 8. The van der Waals surface area contributed by atoms with E-state index in [1.54, 1.807) is 12.1 Å². The fraction of sp³-hybridized carbons (Fsp3) is 0.600. The lowest BCUT2D eigenvalue weighted by Gasteiger charge is -2.18. The minimum Gasteiger partial charge on any atom is -0.493 e. The van der Waals surface area contributed by atoms with Crippen molar-refractivity contribution in [3.8, 4) is 11.5 Å². The monoisotopic (exact) mass is 430 g/mol. The van der Waals surface area contributed by atoms with Gasteiger partial charge in [0, 0.05) is 32.1 Å². The van der Waals surface area contributed by atoms with Crippen molar-refractivity contribution in [2.45, 2.75) is 45.5 Å². The summed E-state index contributed by atoms with van der Waals surface area (Å²) in [4.78, 5) is 18.2. The molecule has 7 nitrogen and oxygen atoms in total. The van der Waals surface area contributed by atoms with Crippen molar-refractivity contribution in [3.63, 3.8) is 0 Å². The number of carbonyl (C=O) groups is 1. The van der Waals surface area contributed by atoms with Crippen LogP contribution in [-0.4, -0.2) is 62.3 Å². The van der Waals surface area contributed by atoms with Crippen LogP contribution in [0.2, 0.25) is 0 Å². The summed E-state index contributed by atoms with van der Waals surface area (Å²) in [6.07, 6.45) is -3.08. The lowest BCUT2D eigenvalue weighted by molar-refractivity contribution is -0.153. The first-order valence-electron chi connectivity index (χ1n) is 9.94. The largest absolute Gasteiger partial charge is 0.493 e. The molecule has 1 amide bonds. The highest BCUT2D eigenvalue weighted by atomic mass is 19.4. The van der Waals surface area contributed by atoms with E-state index in [1.165, 1.54) is 13.2 Å². The van der Waals surface area contributed by atoms with E-state index in [2.05, 4.69) is 15.6 Å². The Kier molecular flexibility index (Phi) is 8.61. The molecule has 0 aromatic heterocycles. The van der Waals surface area contributed by atoms with Crippen molar-refractivity contribution in [1.82, 2.24) is 15.5 Å². The number of alkyl halides is 3. The zero-order chi connectivity index (χ0) is 22.1. The molecule has 2 N–H and O–H groups in total. The van der Waals surface area contributed by atoms with Crippen LogP contribution in [0.1, 0.15) is 32.3 Å². The third-order valence-corrected chi connectivity index (χ3v) is 4.57. The Morgan fingerprint density at radius 3 is 2.70 bits per heavy atom. The molecule has 30 heavy (non-hydrogen) atoms. The predicted octanol–water partition coefficient (Wildman–Crippen LogP) is 2.70. The molecule has 0 spiro atoms. The molecule has 10 heteroatoms. The van der Waals surface area contributed by atoms with Gasteiger partial charge >= 0.3 is 6.18 Å². The Morgan fingerprint density at radius 2 is 2.07 bits per heavy atom. The maximum atomic E-state index is 12.4. The van der Waals surface area contributed by atoms with Crippen molar-refractivity contribution in [3.05, 3.63) is 23.8 Å². The van der Waals surface area contributed by atoms with Gasteiger partial charge in [-0.15, -0.1) is 0 Å². The molecule has 0 bridgehead atoms. The normalized spacial score (nSPS) is 17.1. The second-order valence-electron chi connectivity index (χ2n) is 6.91. The van der Waals surface area contributed by atoms with E-state index in [9.17, 15) is 18.0 Å². The highest BCUT2D eigenvalue weighted by Crippen LogP contribution is 2.30. The molecule has 2 rings (SSSR count). The number of carbonyl (C=O) groups excluding carboxylic acids is 1. The summed E-state index contributed by atoms with van der Waals surface area (Å²) in [7, 11) is 1.37. The number of hydrogen-bond acceptors (Lipinski definition) is 4. The van der Waals surface area contributed by atoms with E-state index in [0.717, 1.165) is 18.5 Å². The summed E-state index contributed by atoms with van der Waals surface area (Å²) in [6.45, 7) is 4.75. The molecular weight excluding hydrogens is 401 g/mol. The van der Waals surface area contributed by atoms with E-state index >= 15 is 0 Å². The molecule has 1 unspecified atom stereocenters. The van der Waals surface area contributed by atoms with Crippen molar-refractivity contribution in [2.75, 3.05) is 33.4 Å². The van der Waals surface area contributed by atoms with Gasteiger partial charge < -0.3 is 25.0 Å². The van der Waals surface area contributed by atoms with Crippen LogP contribution in [0.3, 0.4) is 0 Å². The molecule has 1 aromatic rings. The number of aliphatic imine (C=N–C) groups is 1. The van der Waals surface area contributed by atoms with Gasteiger partial charge in [-0.25, -0.2) is 4.99 Å². The number of benzene rings is 1. The predicted molar refractivity (Wildman–Crippen MR) is 108 cm³/mol. The third kappa shape index (κ3) is 7.31. The van der Waals surface area contributed by atoms with Crippen LogP contribution >= 0.6 is 0 Å². The number of hydrogen-bond donors (Lipinski definition) is 2. The first-order valence-corrected chi connectivity index (χ1v) is 9.94. The zero-order valence-corrected chi connectivity index (χ0v) is 17.5. The molecule has 0 saturated carbocycles. The Hall–Kier alpha value is -2.65. The molecule has 0 radical (unpaired) electrons. The van der Waals surface area contributed by atoms with Crippen LogP contribution in [0.5, 0.6) is 11.5 Å². The van der Waals surface area contributed by atoms with Gasteiger partial charge in [0.15, 0.2) is 24.1 Å². The molecule has 0 aliphatic carbocycles. The quantitative estimate of drug-likeness (QED) is 0.490.